The lowest BCUT2D eigenvalue weighted by Gasteiger charge is -2.21. The minimum absolute atomic E-state index is 0.196. The van der Waals surface area contributed by atoms with E-state index in [-0.39, 0.29) is 34.8 Å². The van der Waals surface area contributed by atoms with E-state index < -0.39 is 0 Å². The van der Waals surface area contributed by atoms with Crippen LogP contribution in [0.15, 0.2) is 60.7 Å². The van der Waals surface area contributed by atoms with E-state index in [1.807, 2.05) is 60.7 Å². The first-order valence-corrected chi connectivity index (χ1v) is 9.86. The molecule has 2 rings (SSSR count). The first-order chi connectivity index (χ1) is 13.5. The third-order valence-corrected chi connectivity index (χ3v) is 5.20. The van der Waals surface area contributed by atoms with Gasteiger partial charge >= 0.3 is 0 Å². The minimum Gasteiger partial charge on any atom is -0.265 e. The van der Waals surface area contributed by atoms with Gasteiger partial charge in [-0.15, -0.1) is 0 Å². The molecule has 0 aliphatic carbocycles. The van der Waals surface area contributed by atoms with Gasteiger partial charge in [-0.2, -0.15) is 0 Å². The van der Waals surface area contributed by atoms with E-state index in [2.05, 4.69) is 0 Å². The summed E-state index contributed by atoms with van der Waals surface area (Å²) in [6.45, 7) is -0.392. The molecule has 0 spiro atoms. The van der Waals surface area contributed by atoms with Crippen LogP contribution in [0.1, 0.15) is 36.8 Å². The summed E-state index contributed by atoms with van der Waals surface area (Å²) < 4.78 is 0. The van der Waals surface area contributed by atoms with Gasteiger partial charge in [-0.05, 0) is 49.7 Å². The predicted octanol–water partition coefficient (Wildman–Crippen LogP) is 4.82. The molecule has 0 radical (unpaired) electrons. The number of aryl methyl sites for hydroxylation is 2. The van der Waals surface area contributed by atoms with Crippen LogP contribution < -0.4 is 0 Å². The largest absolute Gasteiger partial charge is 0.265 e. The van der Waals surface area contributed by atoms with Gasteiger partial charge < -0.3 is 0 Å². The Labute approximate surface area is 165 Å². The second-order valence-corrected chi connectivity index (χ2v) is 7.31. The van der Waals surface area contributed by atoms with Gasteiger partial charge in [0.1, 0.15) is 0 Å². The molecule has 2 unspecified atom stereocenters. The van der Waals surface area contributed by atoms with Gasteiger partial charge in [0.05, 0.1) is 0 Å². The standard InChI is InChI=1S/C22H28N2O4/c25-23(26)17-21(15-7-13-19-9-3-1-4-10-19)22(18-24(27)28)16-8-14-20-11-5-2-6-12-20/h1-6,9-12,21-22H,7-8,13-18H2. The van der Waals surface area contributed by atoms with E-state index in [0.29, 0.717) is 12.8 Å². The highest BCUT2D eigenvalue weighted by Crippen LogP contribution is 2.25. The molecule has 6 nitrogen and oxygen atoms in total. The van der Waals surface area contributed by atoms with Gasteiger partial charge in [0.25, 0.3) is 0 Å². The number of hydrogen-bond acceptors (Lipinski definition) is 4. The lowest BCUT2D eigenvalue weighted by molar-refractivity contribution is -0.508. The van der Waals surface area contributed by atoms with Gasteiger partial charge in [-0.1, -0.05) is 60.7 Å². The summed E-state index contributed by atoms with van der Waals surface area (Å²) in [5, 5.41) is 22.3. The highest BCUT2D eigenvalue weighted by Gasteiger charge is 2.29. The van der Waals surface area contributed by atoms with Crippen LogP contribution in [0.4, 0.5) is 0 Å². The number of hydrogen-bond donors (Lipinski definition) is 0. The summed E-state index contributed by atoms with van der Waals surface area (Å²) in [6, 6.07) is 20.0. The third kappa shape index (κ3) is 8.29. The normalized spacial score (nSPS) is 13.0. The number of benzene rings is 2. The molecule has 0 N–H and O–H groups in total. The van der Waals surface area contributed by atoms with Crippen LogP contribution >= 0.6 is 0 Å². The third-order valence-electron chi connectivity index (χ3n) is 5.20. The van der Waals surface area contributed by atoms with Crippen molar-refractivity contribution in [2.75, 3.05) is 13.1 Å². The molecule has 0 aliphatic rings. The highest BCUT2D eigenvalue weighted by atomic mass is 16.6. The van der Waals surface area contributed by atoms with Gasteiger partial charge in [0.15, 0.2) is 0 Å². The summed E-state index contributed by atoms with van der Waals surface area (Å²) in [6.07, 6.45) is 4.55. The first kappa shape index (κ1) is 21.5. The minimum atomic E-state index is -0.322. The first-order valence-electron chi connectivity index (χ1n) is 9.86. The van der Waals surface area contributed by atoms with Crippen molar-refractivity contribution in [3.05, 3.63) is 92.0 Å². The molecular formula is C22H28N2O4. The Morgan fingerprint density at radius 2 is 1.00 bits per heavy atom. The van der Waals surface area contributed by atoms with Crippen LogP contribution in [-0.4, -0.2) is 22.9 Å². The quantitative estimate of drug-likeness (QED) is 0.366. The SMILES string of the molecule is O=[N+]([O-])CC(CCCc1ccccc1)C(CCCc1ccccc1)C[N+](=O)[O-]. The number of nitro groups is 2. The molecule has 0 saturated carbocycles. The van der Waals surface area contributed by atoms with Crippen molar-refractivity contribution >= 4 is 0 Å². The maximum atomic E-state index is 11.2. The van der Waals surface area contributed by atoms with E-state index in [9.17, 15) is 20.2 Å². The lowest BCUT2D eigenvalue weighted by atomic mass is 9.83. The zero-order valence-corrected chi connectivity index (χ0v) is 16.1. The Hall–Kier alpha value is -2.76. The second-order valence-electron chi connectivity index (χ2n) is 7.31. The van der Waals surface area contributed by atoms with Gasteiger partial charge in [-0.25, -0.2) is 0 Å². The molecule has 0 saturated heterocycles. The van der Waals surface area contributed by atoms with Gasteiger partial charge in [-0.3, -0.25) is 20.2 Å². The molecule has 0 amide bonds. The molecule has 6 heteroatoms. The van der Waals surface area contributed by atoms with Crippen molar-refractivity contribution in [2.24, 2.45) is 11.8 Å². The zero-order valence-electron chi connectivity index (χ0n) is 16.1. The number of nitrogens with zero attached hydrogens (tertiary/aromatic N) is 2. The molecule has 0 fully saturated rings. The molecular weight excluding hydrogens is 356 g/mol. The van der Waals surface area contributed by atoms with E-state index in [1.165, 1.54) is 11.1 Å². The zero-order chi connectivity index (χ0) is 20.2. The average molecular weight is 384 g/mol. The summed E-state index contributed by atoms with van der Waals surface area (Å²) in [4.78, 5) is 21.7. The Morgan fingerprint density at radius 1 is 0.643 bits per heavy atom. The van der Waals surface area contributed by atoms with Crippen LogP contribution in [-0.2, 0) is 12.8 Å². The molecule has 28 heavy (non-hydrogen) atoms. The summed E-state index contributed by atoms with van der Waals surface area (Å²) in [5.41, 5.74) is 2.38. The maximum Gasteiger partial charge on any atom is 0.207 e. The monoisotopic (exact) mass is 384 g/mol. The summed E-state index contributed by atoms with van der Waals surface area (Å²) in [7, 11) is 0. The van der Waals surface area contributed by atoms with Crippen molar-refractivity contribution in [2.45, 2.75) is 38.5 Å². The average Bonchev–Trinajstić information content (AvgIpc) is 2.67. The summed E-state index contributed by atoms with van der Waals surface area (Å²) >= 11 is 0. The molecule has 0 aromatic heterocycles. The van der Waals surface area contributed by atoms with Gasteiger partial charge in [0, 0.05) is 21.7 Å². The van der Waals surface area contributed by atoms with E-state index >= 15 is 0 Å². The Bertz CT molecular complexity index is 658. The van der Waals surface area contributed by atoms with Crippen molar-refractivity contribution in [3.8, 4) is 0 Å². The molecule has 2 aromatic carbocycles. The lowest BCUT2D eigenvalue weighted by Crippen LogP contribution is -2.29. The van der Waals surface area contributed by atoms with E-state index in [1.54, 1.807) is 0 Å². The molecule has 150 valence electrons. The fourth-order valence-corrected chi connectivity index (χ4v) is 3.76. The van der Waals surface area contributed by atoms with Crippen LogP contribution in [0.3, 0.4) is 0 Å². The Balaban J connectivity index is 1.94. The molecule has 2 aromatic rings. The number of rotatable bonds is 13. The van der Waals surface area contributed by atoms with Crippen LogP contribution in [0.5, 0.6) is 0 Å². The highest BCUT2D eigenvalue weighted by molar-refractivity contribution is 5.15. The van der Waals surface area contributed by atoms with E-state index in [0.717, 1.165) is 25.7 Å². The van der Waals surface area contributed by atoms with Crippen molar-refractivity contribution in [3.63, 3.8) is 0 Å². The van der Waals surface area contributed by atoms with Crippen LogP contribution in [0.25, 0.3) is 0 Å². The Kier molecular flexibility index (Phi) is 9.11. The second kappa shape index (κ2) is 11.8. The van der Waals surface area contributed by atoms with Crippen LogP contribution in [0, 0.1) is 32.1 Å². The Morgan fingerprint density at radius 3 is 1.32 bits per heavy atom. The van der Waals surface area contributed by atoms with Crippen LogP contribution in [0.2, 0.25) is 0 Å². The molecule has 0 bridgehead atoms. The smallest absolute Gasteiger partial charge is 0.207 e. The maximum absolute atomic E-state index is 11.2. The fourth-order valence-electron chi connectivity index (χ4n) is 3.76. The van der Waals surface area contributed by atoms with Crippen molar-refractivity contribution < 1.29 is 9.85 Å². The molecule has 2 atom stereocenters. The predicted molar refractivity (Wildman–Crippen MR) is 109 cm³/mol. The van der Waals surface area contributed by atoms with Crippen molar-refractivity contribution in [1.29, 1.82) is 0 Å². The van der Waals surface area contributed by atoms with E-state index in [4.69, 9.17) is 0 Å². The fraction of sp³-hybridized carbons (Fsp3) is 0.455. The van der Waals surface area contributed by atoms with Gasteiger partial charge in [0.2, 0.25) is 13.1 Å². The topological polar surface area (TPSA) is 86.3 Å². The molecule has 0 heterocycles. The van der Waals surface area contributed by atoms with Crippen molar-refractivity contribution in [1.82, 2.24) is 0 Å². The molecule has 0 aliphatic heterocycles. The summed E-state index contributed by atoms with van der Waals surface area (Å²) in [5.74, 6) is -0.528.